The molecule has 4 heteroatoms. The van der Waals surface area contributed by atoms with E-state index in [9.17, 15) is 13.2 Å². The number of nitrogens with zero attached hydrogens (tertiary/aromatic N) is 1. The minimum absolute atomic E-state index is 0.519. The summed E-state index contributed by atoms with van der Waals surface area (Å²) in [6, 6.07) is 4.14. The molecule has 0 aromatic heterocycles. The summed E-state index contributed by atoms with van der Waals surface area (Å²) in [6.45, 7) is 6.19. The van der Waals surface area contributed by atoms with Gasteiger partial charge in [-0.05, 0) is 38.7 Å². The van der Waals surface area contributed by atoms with Crippen LogP contribution < -0.4 is 0 Å². The number of aryl methyl sites for hydroxylation is 1. The molecule has 0 aliphatic rings. The molecule has 0 fully saturated rings. The zero-order valence-corrected chi connectivity index (χ0v) is 11.0. The highest BCUT2D eigenvalue weighted by molar-refractivity contribution is 5.31. The first-order valence-corrected chi connectivity index (χ1v) is 5.61. The monoisotopic (exact) mass is 247 g/mol. The Kier molecular flexibility index (Phi) is 6.24. The first-order valence-electron chi connectivity index (χ1n) is 5.61. The lowest BCUT2D eigenvalue weighted by Gasteiger charge is -2.13. The van der Waals surface area contributed by atoms with E-state index in [0.717, 1.165) is 0 Å². The van der Waals surface area contributed by atoms with Crippen molar-refractivity contribution in [3.05, 3.63) is 34.9 Å². The molecule has 0 aliphatic heterocycles. The van der Waals surface area contributed by atoms with Crippen molar-refractivity contribution >= 4 is 0 Å². The molecule has 0 bridgehead atoms. The molecule has 0 N–H and O–H groups in total. The summed E-state index contributed by atoms with van der Waals surface area (Å²) in [5.41, 5.74) is 0.758. The molecule has 0 heterocycles. The van der Waals surface area contributed by atoms with E-state index in [0.29, 0.717) is 17.7 Å². The molecule has 1 nitrogen and oxygen atoms in total. The highest BCUT2D eigenvalue weighted by atomic mass is 19.4. The molecule has 98 valence electrons. The standard InChI is InChI=1S/C11H14F3N.C2H6/c1-8-4-9(7-15(2)3)6-10(5-8)11(12,13)14;1-2/h4-6H,7H2,1-3H3;1-2H3. The maximum absolute atomic E-state index is 12.5. The summed E-state index contributed by atoms with van der Waals surface area (Å²) >= 11 is 0. The third kappa shape index (κ3) is 5.73. The van der Waals surface area contributed by atoms with E-state index < -0.39 is 11.7 Å². The number of rotatable bonds is 2. The van der Waals surface area contributed by atoms with Gasteiger partial charge in [0.1, 0.15) is 0 Å². The highest BCUT2D eigenvalue weighted by Gasteiger charge is 2.30. The smallest absolute Gasteiger partial charge is 0.305 e. The number of hydrogen-bond donors (Lipinski definition) is 0. The minimum atomic E-state index is -4.26. The van der Waals surface area contributed by atoms with Gasteiger partial charge < -0.3 is 4.90 Å². The quantitative estimate of drug-likeness (QED) is 0.760. The van der Waals surface area contributed by atoms with Gasteiger partial charge in [-0.25, -0.2) is 0 Å². The molecule has 1 rings (SSSR count). The van der Waals surface area contributed by atoms with Crippen LogP contribution in [0.25, 0.3) is 0 Å². The van der Waals surface area contributed by atoms with E-state index >= 15 is 0 Å². The molecule has 0 spiro atoms. The fourth-order valence-corrected chi connectivity index (χ4v) is 1.48. The third-order valence-corrected chi connectivity index (χ3v) is 1.96. The molecule has 0 saturated heterocycles. The number of alkyl halides is 3. The highest BCUT2D eigenvalue weighted by Crippen LogP contribution is 2.30. The normalized spacial score (nSPS) is 11.1. The van der Waals surface area contributed by atoms with E-state index in [1.807, 2.05) is 32.8 Å². The Bertz CT molecular complexity index is 343. The van der Waals surface area contributed by atoms with E-state index in [-0.39, 0.29) is 0 Å². The molecular weight excluding hydrogens is 227 g/mol. The van der Waals surface area contributed by atoms with E-state index in [2.05, 4.69) is 0 Å². The zero-order valence-electron chi connectivity index (χ0n) is 11.0. The van der Waals surface area contributed by atoms with Crippen molar-refractivity contribution in [2.24, 2.45) is 0 Å². The van der Waals surface area contributed by atoms with Gasteiger partial charge in [-0.1, -0.05) is 25.5 Å². The average molecular weight is 247 g/mol. The van der Waals surface area contributed by atoms with Crippen LogP contribution in [0, 0.1) is 6.92 Å². The van der Waals surface area contributed by atoms with Gasteiger partial charge in [-0.15, -0.1) is 0 Å². The Hall–Kier alpha value is -1.03. The van der Waals surface area contributed by atoms with Crippen LogP contribution in [0.5, 0.6) is 0 Å². The molecule has 17 heavy (non-hydrogen) atoms. The van der Waals surface area contributed by atoms with Crippen molar-refractivity contribution in [2.45, 2.75) is 33.5 Å². The molecule has 0 saturated carbocycles. The molecule has 0 amide bonds. The third-order valence-electron chi connectivity index (χ3n) is 1.96. The van der Waals surface area contributed by atoms with Gasteiger partial charge in [0.05, 0.1) is 5.56 Å². The Labute approximate surface area is 101 Å². The summed E-state index contributed by atoms with van der Waals surface area (Å²) in [5, 5.41) is 0. The summed E-state index contributed by atoms with van der Waals surface area (Å²) in [4.78, 5) is 1.84. The van der Waals surface area contributed by atoms with Crippen LogP contribution in [0.2, 0.25) is 0 Å². The Morgan fingerprint density at radius 3 is 2.00 bits per heavy atom. The predicted octanol–water partition coefficient (Wildman–Crippen LogP) is 4.10. The Balaban J connectivity index is 0.00000121. The SMILES string of the molecule is CC.Cc1cc(CN(C)C)cc(C(F)(F)F)c1. The second-order valence-electron chi connectivity index (χ2n) is 3.94. The molecule has 1 aromatic carbocycles. The summed E-state index contributed by atoms with van der Waals surface area (Å²) in [5.74, 6) is 0. The van der Waals surface area contributed by atoms with Crippen LogP contribution in [0.15, 0.2) is 18.2 Å². The molecule has 0 unspecified atom stereocenters. The molecular formula is C13H20F3N. The van der Waals surface area contributed by atoms with E-state index in [1.165, 1.54) is 12.1 Å². The van der Waals surface area contributed by atoms with Crippen LogP contribution in [0.3, 0.4) is 0 Å². The summed E-state index contributed by atoms with van der Waals surface area (Å²) < 4.78 is 37.4. The van der Waals surface area contributed by atoms with Gasteiger partial charge in [0, 0.05) is 6.54 Å². The van der Waals surface area contributed by atoms with Crippen molar-refractivity contribution in [3.8, 4) is 0 Å². The molecule has 0 atom stereocenters. The average Bonchev–Trinajstić information content (AvgIpc) is 2.17. The lowest BCUT2D eigenvalue weighted by atomic mass is 10.1. The first-order chi connectivity index (χ1) is 7.79. The van der Waals surface area contributed by atoms with Gasteiger partial charge in [0.25, 0.3) is 0 Å². The van der Waals surface area contributed by atoms with E-state index in [1.54, 1.807) is 13.0 Å². The summed E-state index contributed by atoms with van der Waals surface area (Å²) in [7, 11) is 3.66. The predicted molar refractivity (Wildman–Crippen MR) is 64.9 cm³/mol. The number of benzene rings is 1. The molecule has 0 radical (unpaired) electrons. The van der Waals surface area contributed by atoms with Crippen LogP contribution in [-0.4, -0.2) is 19.0 Å². The lowest BCUT2D eigenvalue weighted by Crippen LogP contribution is -2.12. The van der Waals surface area contributed by atoms with Crippen LogP contribution in [0.4, 0.5) is 13.2 Å². The Morgan fingerprint density at radius 2 is 1.59 bits per heavy atom. The maximum atomic E-state index is 12.5. The first kappa shape index (κ1) is 16.0. The van der Waals surface area contributed by atoms with Gasteiger partial charge in [-0.2, -0.15) is 13.2 Å². The summed E-state index contributed by atoms with van der Waals surface area (Å²) in [6.07, 6.45) is -4.26. The number of halogens is 3. The molecule has 0 aliphatic carbocycles. The second-order valence-corrected chi connectivity index (χ2v) is 3.94. The minimum Gasteiger partial charge on any atom is -0.305 e. The lowest BCUT2D eigenvalue weighted by molar-refractivity contribution is -0.137. The van der Waals surface area contributed by atoms with Gasteiger partial charge >= 0.3 is 6.18 Å². The second kappa shape index (κ2) is 6.64. The zero-order chi connectivity index (χ0) is 13.6. The van der Waals surface area contributed by atoms with Crippen molar-refractivity contribution in [3.63, 3.8) is 0 Å². The van der Waals surface area contributed by atoms with Crippen molar-refractivity contribution < 1.29 is 13.2 Å². The fraction of sp³-hybridized carbons (Fsp3) is 0.538. The van der Waals surface area contributed by atoms with Crippen molar-refractivity contribution in [2.75, 3.05) is 14.1 Å². The fourth-order valence-electron chi connectivity index (χ4n) is 1.48. The number of hydrogen-bond acceptors (Lipinski definition) is 1. The van der Waals surface area contributed by atoms with Crippen molar-refractivity contribution in [1.29, 1.82) is 0 Å². The topological polar surface area (TPSA) is 3.24 Å². The van der Waals surface area contributed by atoms with Gasteiger partial charge in [0.15, 0.2) is 0 Å². The van der Waals surface area contributed by atoms with E-state index in [4.69, 9.17) is 0 Å². The largest absolute Gasteiger partial charge is 0.416 e. The Morgan fingerprint density at radius 1 is 1.06 bits per heavy atom. The van der Waals surface area contributed by atoms with Crippen LogP contribution in [0.1, 0.15) is 30.5 Å². The van der Waals surface area contributed by atoms with Crippen molar-refractivity contribution in [1.82, 2.24) is 4.90 Å². The van der Waals surface area contributed by atoms with Crippen LogP contribution >= 0.6 is 0 Å². The van der Waals surface area contributed by atoms with Gasteiger partial charge in [-0.3, -0.25) is 0 Å². The van der Waals surface area contributed by atoms with Gasteiger partial charge in [0.2, 0.25) is 0 Å². The maximum Gasteiger partial charge on any atom is 0.416 e. The molecule has 1 aromatic rings. The van der Waals surface area contributed by atoms with Crippen LogP contribution in [-0.2, 0) is 12.7 Å².